The van der Waals surface area contributed by atoms with Crippen molar-refractivity contribution in [2.24, 2.45) is 0 Å². The number of rotatable bonds is 11. The van der Waals surface area contributed by atoms with E-state index >= 15 is 0 Å². The third kappa shape index (κ3) is 8.51. The average Bonchev–Trinajstić information content (AvgIpc) is 3.49. The van der Waals surface area contributed by atoms with Gasteiger partial charge >= 0.3 is 0 Å². The molecule has 4 aromatic rings. The van der Waals surface area contributed by atoms with Gasteiger partial charge in [-0.25, -0.2) is 0 Å². The van der Waals surface area contributed by atoms with E-state index in [1.807, 2.05) is 36.6 Å². The molecule has 0 aliphatic heterocycles. The lowest BCUT2D eigenvalue weighted by Gasteiger charge is -2.16. The number of Topliss-reactive ketones (excluding diaryl/α,β-unsaturated/α-hetero) is 1. The van der Waals surface area contributed by atoms with Gasteiger partial charge in [-0.2, -0.15) is 0 Å². The Morgan fingerprint density at radius 1 is 0.829 bits per heavy atom. The largest absolute Gasteiger partial charge is 0.325 e. The molecule has 0 fully saturated rings. The Morgan fingerprint density at radius 3 is 2.24 bits per heavy atom. The molecule has 0 spiro atoms. The summed E-state index contributed by atoms with van der Waals surface area (Å²) >= 11 is 2.84. The van der Waals surface area contributed by atoms with Crippen LogP contribution in [0.4, 0.5) is 11.4 Å². The molecule has 0 aliphatic carbocycles. The second-order valence-corrected chi connectivity index (χ2v) is 11.3. The summed E-state index contributed by atoms with van der Waals surface area (Å²) in [7, 11) is 0. The molecule has 0 aliphatic rings. The summed E-state index contributed by atoms with van der Waals surface area (Å²) in [5.41, 5.74) is 2.27. The van der Waals surface area contributed by atoms with E-state index in [2.05, 4.69) is 16.0 Å². The molecule has 1 heterocycles. The van der Waals surface area contributed by atoms with Crippen molar-refractivity contribution in [3.05, 3.63) is 118 Å². The molecule has 0 saturated carbocycles. The van der Waals surface area contributed by atoms with E-state index in [0.717, 1.165) is 9.77 Å². The number of carbonyl (C=O) groups excluding carboxylic acids is 4. The van der Waals surface area contributed by atoms with Gasteiger partial charge in [0.15, 0.2) is 5.78 Å². The van der Waals surface area contributed by atoms with Gasteiger partial charge in [-0.15, -0.1) is 23.1 Å². The van der Waals surface area contributed by atoms with Crippen LogP contribution in [0.25, 0.3) is 6.08 Å². The third-order valence-electron chi connectivity index (χ3n) is 5.95. The minimum absolute atomic E-state index is 0.0375. The number of anilines is 2. The molecule has 9 heteroatoms. The zero-order valence-electron chi connectivity index (χ0n) is 22.5. The lowest BCUT2D eigenvalue weighted by atomic mass is 10.1. The van der Waals surface area contributed by atoms with E-state index < -0.39 is 5.91 Å². The Kier molecular flexibility index (Phi) is 10.3. The van der Waals surface area contributed by atoms with Gasteiger partial charge < -0.3 is 16.0 Å². The molecular formula is C32H29N3O4S2. The number of benzene rings is 3. The topological polar surface area (TPSA) is 104 Å². The van der Waals surface area contributed by atoms with Crippen molar-refractivity contribution < 1.29 is 19.2 Å². The maximum atomic E-state index is 13.3. The molecule has 0 bridgehead atoms. The first kappa shape index (κ1) is 29.5. The highest BCUT2D eigenvalue weighted by molar-refractivity contribution is 8.00. The fourth-order valence-corrected chi connectivity index (χ4v) is 5.47. The van der Waals surface area contributed by atoms with Gasteiger partial charge in [0.1, 0.15) is 5.70 Å². The van der Waals surface area contributed by atoms with Crippen molar-refractivity contribution in [2.45, 2.75) is 30.4 Å². The Balaban J connectivity index is 1.44. The minimum atomic E-state index is -0.469. The molecule has 1 atom stereocenters. The van der Waals surface area contributed by atoms with Crippen LogP contribution < -0.4 is 16.0 Å². The van der Waals surface area contributed by atoms with Gasteiger partial charge in [-0.1, -0.05) is 37.3 Å². The predicted octanol–water partition coefficient (Wildman–Crippen LogP) is 6.87. The van der Waals surface area contributed by atoms with Gasteiger partial charge in [0.2, 0.25) is 5.91 Å². The summed E-state index contributed by atoms with van der Waals surface area (Å²) in [6.45, 7) is 3.42. The molecule has 7 nitrogen and oxygen atoms in total. The lowest BCUT2D eigenvalue weighted by molar-refractivity contribution is -0.116. The monoisotopic (exact) mass is 583 g/mol. The van der Waals surface area contributed by atoms with Crippen LogP contribution in [0.5, 0.6) is 0 Å². The Bertz CT molecular complexity index is 1550. The van der Waals surface area contributed by atoms with Crippen LogP contribution in [0.2, 0.25) is 0 Å². The van der Waals surface area contributed by atoms with E-state index in [9.17, 15) is 19.2 Å². The lowest BCUT2D eigenvalue weighted by Crippen LogP contribution is -2.30. The molecular weight excluding hydrogens is 555 g/mol. The van der Waals surface area contributed by atoms with Crippen LogP contribution >= 0.6 is 23.1 Å². The minimum Gasteiger partial charge on any atom is -0.325 e. The fraction of sp³-hybridized carbons (Fsp3) is 0.125. The molecule has 0 saturated heterocycles. The second-order valence-electron chi connectivity index (χ2n) is 9.01. The standard InChI is InChI=1S/C32H29N3O4S2/c1-3-29(32(39)33-24-16-14-22(15-17-24)21(2)36)41-27-12-7-11-25(19-27)34-31(38)28(20-26-13-8-18-40-26)35-30(37)23-9-5-4-6-10-23/h4-20,29H,3H2,1-2H3,(H,33,39)(H,34,38)(H,35,37)/b28-20-. The number of carbonyl (C=O) groups is 4. The van der Waals surface area contributed by atoms with Gasteiger partial charge in [-0.05, 0) is 85.5 Å². The first-order valence-electron chi connectivity index (χ1n) is 12.9. The maximum Gasteiger partial charge on any atom is 0.272 e. The summed E-state index contributed by atoms with van der Waals surface area (Å²) in [4.78, 5) is 52.2. The van der Waals surface area contributed by atoms with E-state index in [4.69, 9.17) is 0 Å². The quantitative estimate of drug-likeness (QED) is 0.102. The van der Waals surface area contributed by atoms with Crippen molar-refractivity contribution in [3.8, 4) is 0 Å². The molecule has 208 valence electrons. The Morgan fingerprint density at radius 2 is 1.59 bits per heavy atom. The molecule has 3 N–H and O–H groups in total. The van der Waals surface area contributed by atoms with Crippen molar-refractivity contribution in [1.82, 2.24) is 5.32 Å². The summed E-state index contributed by atoms with van der Waals surface area (Å²) in [6, 6.07) is 26.4. The Labute approximate surface area is 247 Å². The number of thioether (sulfide) groups is 1. The number of thiophene rings is 1. The smallest absolute Gasteiger partial charge is 0.272 e. The zero-order chi connectivity index (χ0) is 29.2. The van der Waals surface area contributed by atoms with Crippen molar-refractivity contribution in [1.29, 1.82) is 0 Å². The van der Waals surface area contributed by atoms with Gasteiger partial charge in [0.05, 0.1) is 5.25 Å². The highest BCUT2D eigenvalue weighted by Gasteiger charge is 2.19. The van der Waals surface area contributed by atoms with Crippen LogP contribution in [0.1, 0.15) is 45.9 Å². The summed E-state index contributed by atoms with van der Waals surface area (Å²) in [5, 5.41) is 10.0. The fourth-order valence-electron chi connectivity index (χ4n) is 3.80. The highest BCUT2D eigenvalue weighted by atomic mass is 32.2. The van der Waals surface area contributed by atoms with Crippen LogP contribution in [-0.2, 0) is 9.59 Å². The molecule has 3 aromatic carbocycles. The van der Waals surface area contributed by atoms with E-state index in [1.54, 1.807) is 72.8 Å². The SMILES string of the molecule is CCC(Sc1cccc(NC(=O)/C(=C/c2cccs2)NC(=O)c2ccccc2)c1)C(=O)Nc1ccc(C(C)=O)cc1. The van der Waals surface area contributed by atoms with Crippen molar-refractivity contribution in [2.75, 3.05) is 10.6 Å². The summed E-state index contributed by atoms with van der Waals surface area (Å²) in [6.07, 6.45) is 2.22. The first-order chi connectivity index (χ1) is 19.8. The molecule has 0 radical (unpaired) electrons. The van der Waals surface area contributed by atoms with E-state index in [-0.39, 0.29) is 28.5 Å². The van der Waals surface area contributed by atoms with Crippen LogP contribution in [-0.4, -0.2) is 28.8 Å². The van der Waals surface area contributed by atoms with Gasteiger partial charge in [0, 0.05) is 32.3 Å². The van der Waals surface area contributed by atoms with Crippen LogP contribution in [0, 0.1) is 0 Å². The van der Waals surface area contributed by atoms with Gasteiger partial charge in [-0.3, -0.25) is 19.2 Å². The molecule has 4 rings (SSSR count). The first-order valence-corrected chi connectivity index (χ1v) is 14.7. The zero-order valence-corrected chi connectivity index (χ0v) is 24.2. The third-order valence-corrected chi connectivity index (χ3v) is 8.13. The molecule has 41 heavy (non-hydrogen) atoms. The number of hydrogen-bond donors (Lipinski definition) is 3. The molecule has 3 amide bonds. The highest BCUT2D eigenvalue weighted by Crippen LogP contribution is 2.29. The van der Waals surface area contributed by atoms with Crippen molar-refractivity contribution in [3.63, 3.8) is 0 Å². The second kappa shape index (κ2) is 14.2. The number of nitrogens with one attached hydrogen (secondary N) is 3. The van der Waals surface area contributed by atoms with Crippen LogP contribution in [0.3, 0.4) is 0 Å². The van der Waals surface area contributed by atoms with Crippen molar-refractivity contribution >= 4 is 64.1 Å². The van der Waals surface area contributed by atoms with Gasteiger partial charge in [0.25, 0.3) is 11.8 Å². The van der Waals surface area contributed by atoms with E-state index in [0.29, 0.717) is 28.9 Å². The summed E-state index contributed by atoms with van der Waals surface area (Å²) < 4.78 is 0. The molecule has 1 aromatic heterocycles. The average molecular weight is 584 g/mol. The number of hydrogen-bond acceptors (Lipinski definition) is 6. The number of ketones is 1. The van der Waals surface area contributed by atoms with E-state index in [1.165, 1.54) is 30.0 Å². The predicted molar refractivity (Wildman–Crippen MR) is 166 cm³/mol. The maximum absolute atomic E-state index is 13.3. The Hall–Kier alpha value is -4.47. The summed E-state index contributed by atoms with van der Waals surface area (Å²) in [5.74, 6) is -1.05. The molecule has 1 unspecified atom stereocenters. The number of amides is 3. The normalized spacial score (nSPS) is 11.8. The van der Waals surface area contributed by atoms with Crippen LogP contribution in [0.15, 0.2) is 107 Å².